The van der Waals surface area contributed by atoms with Crippen molar-refractivity contribution < 1.29 is 9.53 Å². The van der Waals surface area contributed by atoms with Gasteiger partial charge in [-0.05, 0) is 31.4 Å². The van der Waals surface area contributed by atoms with Gasteiger partial charge in [0.05, 0.1) is 17.5 Å². The minimum atomic E-state index is 0.281. The molecule has 0 aliphatic carbocycles. The number of aromatic nitrogens is 2. The van der Waals surface area contributed by atoms with E-state index in [1.165, 1.54) is 6.42 Å². The first kappa shape index (κ1) is 11.4. The van der Waals surface area contributed by atoms with Gasteiger partial charge in [0.25, 0.3) is 0 Å². The Morgan fingerprint density at radius 1 is 1.44 bits per heavy atom. The first-order valence-corrected chi connectivity index (χ1v) is 6.40. The van der Waals surface area contributed by atoms with Gasteiger partial charge in [-0.3, -0.25) is 9.20 Å². The molecule has 1 atom stereocenters. The van der Waals surface area contributed by atoms with Gasteiger partial charge in [0.15, 0.2) is 6.29 Å². The molecule has 3 heterocycles. The second-order valence-corrected chi connectivity index (χ2v) is 4.72. The molecular formula is C14H16N2O2. The van der Waals surface area contributed by atoms with Crippen LogP contribution in [0.5, 0.6) is 0 Å². The number of rotatable bonds is 3. The number of fused-ring (bicyclic) bond motifs is 1. The maximum Gasteiger partial charge on any atom is 0.166 e. The molecule has 0 aromatic carbocycles. The maximum atomic E-state index is 10.9. The molecule has 2 aromatic rings. The van der Waals surface area contributed by atoms with Crippen molar-refractivity contribution in [3.05, 3.63) is 35.8 Å². The van der Waals surface area contributed by atoms with E-state index in [9.17, 15) is 4.79 Å². The zero-order valence-corrected chi connectivity index (χ0v) is 10.2. The zero-order chi connectivity index (χ0) is 12.4. The van der Waals surface area contributed by atoms with Crippen molar-refractivity contribution in [2.75, 3.05) is 6.61 Å². The number of aldehydes is 1. The third kappa shape index (κ3) is 2.16. The summed E-state index contributed by atoms with van der Waals surface area (Å²) in [4.78, 5) is 15.5. The van der Waals surface area contributed by atoms with Gasteiger partial charge in [0.1, 0.15) is 5.65 Å². The van der Waals surface area contributed by atoms with E-state index in [2.05, 4.69) is 4.98 Å². The van der Waals surface area contributed by atoms with Crippen LogP contribution in [0.25, 0.3) is 5.65 Å². The van der Waals surface area contributed by atoms with E-state index in [1.54, 1.807) is 6.07 Å². The minimum Gasteiger partial charge on any atom is -0.378 e. The fraction of sp³-hybridized carbons (Fsp3) is 0.429. The third-order valence-corrected chi connectivity index (χ3v) is 3.41. The molecule has 1 fully saturated rings. The van der Waals surface area contributed by atoms with Crippen LogP contribution >= 0.6 is 0 Å². The number of hydrogen-bond acceptors (Lipinski definition) is 3. The Bertz CT molecular complexity index is 556. The molecular weight excluding hydrogens is 228 g/mol. The molecule has 1 aliphatic rings. The van der Waals surface area contributed by atoms with Crippen LogP contribution in [0.4, 0.5) is 0 Å². The van der Waals surface area contributed by atoms with Crippen LogP contribution in [-0.4, -0.2) is 28.4 Å². The molecule has 4 nitrogen and oxygen atoms in total. The minimum absolute atomic E-state index is 0.281. The second-order valence-electron chi connectivity index (χ2n) is 4.72. The highest BCUT2D eigenvalue weighted by Crippen LogP contribution is 2.17. The highest BCUT2D eigenvalue weighted by atomic mass is 16.5. The lowest BCUT2D eigenvalue weighted by molar-refractivity contribution is 0.0163. The standard InChI is InChI=1S/C14H16N2O2/c17-10-12-4-3-6-14-15-11(9-16(12)14)8-13-5-1-2-7-18-13/h3-4,6,9-10,13H,1-2,5,7-8H2. The van der Waals surface area contributed by atoms with E-state index < -0.39 is 0 Å². The van der Waals surface area contributed by atoms with Crippen LogP contribution in [0.3, 0.4) is 0 Å². The summed E-state index contributed by atoms with van der Waals surface area (Å²) < 4.78 is 7.55. The number of pyridine rings is 1. The molecule has 1 unspecified atom stereocenters. The molecule has 0 bridgehead atoms. The lowest BCUT2D eigenvalue weighted by Gasteiger charge is -2.21. The van der Waals surface area contributed by atoms with Gasteiger partial charge in [-0.1, -0.05) is 6.07 Å². The quantitative estimate of drug-likeness (QED) is 0.778. The van der Waals surface area contributed by atoms with Crippen LogP contribution in [0.1, 0.15) is 35.4 Å². The number of ether oxygens (including phenoxy) is 1. The Hall–Kier alpha value is -1.68. The van der Waals surface area contributed by atoms with Crippen molar-refractivity contribution in [1.82, 2.24) is 9.38 Å². The van der Waals surface area contributed by atoms with Crippen molar-refractivity contribution in [2.24, 2.45) is 0 Å². The van der Waals surface area contributed by atoms with Crippen molar-refractivity contribution >= 4 is 11.9 Å². The molecule has 1 saturated heterocycles. The Morgan fingerprint density at radius 2 is 2.39 bits per heavy atom. The van der Waals surface area contributed by atoms with Gasteiger partial charge in [-0.2, -0.15) is 0 Å². The second kappa shape index (κ2) is 4.90. The lowest BCUT2D eigenvalue weighted by atomic mass is 10.1. The van der Waals surface area contributed by atoms with Crippen LogP contribution in [0.15, 0.2) is 24.4 Å². The zero-order valence-electron chi connectivity index (χ0n) is 10.2. The topological polar surface area (TPSA) is 43.6 Å². The SMILES string of the molecule is O=Cc1cccc2nc(CC3CCCCO3)cn12. The average molecular weight is 244 g/mol. The van der Waals surface area contributed by atoms with E-state index in [-0.39, 0.29) is 6.10 Å². The van der Waals surface area contributed by atoms with Crippen LogP contribution in [0.2, 0.25) is 0 Å². The summed E-state index contributed by atoms with van der Waals surface area (Å²) in [5.41, 5.74) is 2.46. The highest BCUT2D eigenvalue weighted by Gasteiger charge is 2.16. The fourth-order valence-electron chi connectivity index (χ4n) is 2.48. The number of imidazole rings is 1. The molecule has 3 rings (SSSR count). The number of carbonyl (C=O) groups is 1. The largest absolute Gasteiger partial charge is 0.378 e. The van der Waals surface area contributed by atoms with Gasteiger partial charge in [0.2, 0.25) is 0 Å². The van der Waals surface area contributed by atoms with E-state index >= 15 is 0 Å². The fourth-order valence-corrected chi connectivity index (χ4v) is 2.48. The molecule has 0 N–H and O–H groups in total. The van der Waals surface area contributed by atoms with E-state index in [0.717, 1.165) is 43.5 Å². The summed E-state index contributed by atoms with van der Waals surface area (Å²) in [6.45, 7) is 0.859. The molecule has 0 spiro atoms. The summed E-state index contributed by atoms with van der Waals surface area (Å²) in [5.74, 6) is 0. The van der Waals surface area contributed by atoms with Gasteiger partial charge in [-0.15, -0.1) is 0 Å². The molecule has 0 radical (unpaired) electrons. The Labute approximate surface area is 106 Å². The Morgan fingerprint density at radius 3 is 3.17 bits per heavy atom. The van der Waals surface area contributed by atoms with Gasteiger partial charge >= 0.3 is 0 Å². The first-order chi connectivity index (χ1) is 8.86. The lowest BCUT2D eigenvalue weighted by Crippen LogP contribution is -2.21. The predicted octanol–water partition coefficient (Wildman–Crippen LogP) is 2.26. The summed E-state index contributed by atoms with van der Waals surface area (Å²) in [5, 5.41) is 0. The summed E-state index contributed by atoms with van der Waals surface area (Å²) in [6, 6.07) is 5.56. The normalized spacial score (nSPS) is 20.1. The van der Waals surface area contributed by atoms with Crippen molar-refractivity contribution in [3.63, 3.8) is 0 Å². The van der Waals surface area contributed by atoms with Crippen molar-refractivity contribution in [2.45, 2.75) is 31.8 Å². The molecule has 4 heteroatoms. The van der Waals surface area contributed by atoms with Crippen LogP contribution < -0.4 is 0 Å². The predicted molar refractivity (Wildman–Crippen MR) is 67.9 cm³/mol. The van der Waals surface area contributed by atoms with E-state index in [0.29, 0.717) is 5.69 Å². The molecule has 0 saturated carbocycles. The summed E-state index contributed by atoms with van der Waals surface area (Å²) in [6.07, 6.45) is 7.42. The maximum absolute atomic E-state index is 10.9. The smallest absolute Gasteiger partial charge is 0.166 e. The number of nitrogens with zero attached hydrogens (tertiary/aromatic N) is 2. The average Bonchev–Trinajstić information content (AvgIpc) is 2.82. The number of hydrogen-bond donors (Lipinski definition) is 0. The van der Waals surface area contributed by atoms with Gasteiger partial charge in [-0.25, -0.2) is 4.98 Å². The molecule has 1 aliphatic heterocycles. The number of carbonyl (C=O) groups excluding carboxylic acids is 1. The molecule has 0 amide bonds. The molecule has 2 aromatic heterocycles. The highest BCUT2D eigenvalue weighted by molar-refractivity contribution is 5.73. The molecule has 94 valence electrons. The van der Waals surface area contributed by atoms with Crippen molar-refractivity contribution in [1.29, 1.82) is 0 Å². The van der Waals surface area contributed by atoms with Gasteiger partial charge < -0.3 is 4.74 Å². The first-order valence-electron chi connectivity index (χ1n) is 6.40. The Balaban J connectivity index is 1.86. The summed E-state index contributed by atoms with van der Waals surface area (Å²) in [7, 11) is 0. The monoisotopic (exact) mass is 244 g/mol. The van der Waals surface area contributed by atoms with Crippen LogP contribution in [-0.2, 0) is 11.2 Å². The molecule has 18 heavy (non-hydrogen) atoms. The summed E-state index contributed by atoms with van der Waals surface area (Å²) >= 11 is 0. The van der Waals surface area contributed by atoms with E-state index in [1.807, 2.05) is 22.7 Å². The van der Waals surface area contributed by atoms with Crippen molar-refractivity contribution in [3.8, 4) is 0 Å². The Kier molecular flexibility index (Phi) is 3.11. The third-order valence-electron chi connectivity index (χ3n) is 3.41. The van der Waals surface area contributed by atoms with Crippen LogP contribution in [0, 0.1) is 0 Å². The van der Waals surface area contributed by atoms with E-state index in [4.69, 9.17) is 4.74 Å². The van der Waals surface area contributed by atoms with Gasteiger partial charge in [0, 0.05) is 19.2 Å².